The molecule has 15 heavy (non-hydrogen) atoms. The number of carbonyl (C=O) groups excluding carboxylic acids is 1. The van der Waals surface area contributed by atoms with Crippen molar-refractivity contribution in [1.29, 1.82) is 0 Å². The van der Waals surface area contributed by atoms with E-state index in [9.17, 15) is 13.6 Å². The first kappa shape index (κ1) is 12.3. The number of halogens is 3. The van der Waals surface area contributed by atoms with Crippen LogP contribution in [0.4, 0.5) is 8.78 Å². The Morgan fingerprint density at radius 3 is 2.87 bits per heavy atom. The van der Waals surface area contributed by atoms with Crippen LogP contribution >= 0.6 is 22.6 Å². The maximum Gasteiger partial charge on any atom is 0.310 e. The number of hydrogen-bond donors (Lipinski definition) is 0. The molecule has 1 rings (SSSR count). The quantitative estimate of drug-likeness (QED) is 0.486. The Labute approximate surface area is 99.0 Å². The molecule has 0 fully saturated rings. The van der Waals surface area contributed by atoms with Crippen molar-refractivity contribution in [3.8, 4) is 0 Å². The lowest BCUT2D eigenvalue weighted by atomic mass is 10.1. The molecule has 0 aliphatic rings. The van der Waals surface area contributed by atoms with Crippen LogP contribution in [0.1, 0.15) is 17.6 Å². The van der Waals surface area contributed by atoms with Crippen molar-refractivity contribution in [2.45, 2.75) is 12.8 Å². The van der Waals surface area contributed by atoms with Gasteiger partial charge in [0, 0.05) is 11.8 Å². The Balaban J connectivity index is 2.95. The number of aromatic nitrogens is 1. The van der Waals surface area contributed by atoms with Gasteiger partial charge in [0.05, 0.1) is 13.5 Å². The lowest BCUT2D eigenvalue weighted by molar-refractivity contribution is -0.139. The van der Waals surface area contributed by atoms with E-state index in [1.54, 1.807) is 0 Å². The molecule has 0 aromatic carbocycles. The zero-order valence-corrected chi connectivity index (χ0v) is 9.99. The minimum Gasteiger partial charge on any atom is -0.469 e. The zero-order chi connectivity index (χ0) is 11.4. The van der Waals surface area contributed by atoms with Crippen LogP contribution in [0.25, 0.3) is 0 Å². The molecule has 1 aromatic rings. The van der Waals surface area contributed by atoms with Crippen LogP contribution in [-0.4, -0.2) is 18.1 Å². The molecule has 0 aliphatic heterocycles. The molecule has 3 nitrogen and oxygen atoms in total. The van der Waals surface area contributed by atoms with Crippen LogP contribution in [0.15, 0.2) is 12.3 Å². The molecular weight excluding hydrogens is 319 g/mol. The molecule has 1 heterocycles. The average Bonchev–Trinajstić information content (AvgIpc) is 2.20. The first-order valence-electron chi connectivity index (χ1n) is 4.04. The van der Waals surface area contributed by atoms with Crippen LogP contribution in [0.2, 0.25) is 0 Å². The molecule has 0 N–H and O–H groups in total. The van der Waals surface area contributed by atoms with Crippen LogP contribution in [0.3, 0.4) is 0 Å². The third-order valence-electron chi connectivity index (χ3n) is 1.75. The lowest BCUT2D eigenvalue weighted by Crippen LogP contribution is -2.07. The van der Waals surface area contributed by atoms with E-state index in [4.69, 9.17) is 0 Å². The van der Waals surface area contributed by atoms with Gasteiger partial charge in [-0.05, 0) is 34.2 Å². The number of rotatable bonds is 3. The van der Waals surface area contributed by atoms with Gasteiger partial charge < -0.3 is 4.74 Å². The highest BCUT2D eigenvalue weighted by Gasteiger charge is 2.13. The fourth-order valence-corrected chi connectivity index (χ4v) is 1.47. The second kappa shape index (κ2) is 5.34. The van der Waals surface area contributed by atoms with Crippen LogP contribution in [-0.2, 0) is 16.0 Å². The van der Waals surface area contributed by atoms with E-state index < -0.39 is 12.4 Å². The Morgan fingerprint density at radius 2 is 2.33 bits per heavy atom. The first-order chi connectivity index (χ1) is 7.04. The fourth-order valence-electron chi connectivity index (χ4n) is 0.983. The third-order valence-corrected chi connectivity index (χ3v) is 2.72. The van der Waals surface area contributed by atoms with Crippen molar-refractivity contribution in [2.75, 3.05) is 7.11 Å². The maximum absolute atomic E-state index is 12.3. The molecule has 0 aliphatic carbocycles. The molecule has 82 valence electrons. The van der Waals surface area contributed by atoms with Gasteiger partial charge in [-0.1, -0.05) is 0 Å². The SMILES string of the molecule is COC(=O)Cc1cc(C(F)F)cnc1I. The monoisotopic (exact) mass is 327 g/mol. The van der Waals surface area contributed by atoms with Crippen LogP contribution in [0.5, 0.6) is 0 Å². The molecule has 0 bridgehead atoms. The number of esters is 1. The van der Waals surface area contributed by atoms with E-state index in [1.165, 1.54) is 13.2 Å². The van der Waals surface area contributed by atoms with Crippen molar-refractivity contribution in [3.05, 3.63) is 27.1 Å². The number of nitrogens with zero attached hydrogens (tertiary/aromatic N) is 1. The normalized spacial score (nSPS) is 10.5. The van der Waals surface area contributed by atoms with Gasteiger partial charge in [0.1, 0.15) is 3.70 Å². The predicted molar refractivity (Wildman–Crippen MR) is 57.6 cm³/mol. The smallest absolute Gasteiger partial charge is 0.310 e. The van der Waals surface area contributed by atoms with Crippen LogP contribution < -0.4 is 0 Å². The van der Waals surface area contributed by atoms with E-state index >= 15 is 0 Å². The van der Waals surface area contributed by atoms with Gasteiger partial charge in [0.2, 0.25) is 0 Å². The van der Waals surface area contributed by atoms with Gasteiger partial charge in [0.25, 0.3) is 6.43 Å². The largest absolute Gasteiger partial charge is 0.469 e. The molecule has 0 atom stereocenters. The van der Waals surface area contributed by atoms with Crippen LogP contribution in [0, 0.1) is 3.70 Å². The summed E-state index contributed by atoms with van der Waals surface area (Å²) in [6.45, 7) is 0. The molecule has 0 saturated heterocycles. The van der Waals surface area contributed by atoms with Crippen molar-refractivity contribution in [2.24, 2.45) is 0 Å². The molecule has 0 spiro atoms. The summed E-state index contributed by atoms with van der Waals surface area (Å²) in [4.78, 5) is 14.8. The maximum atomic E-state index is 12.3. The Bertz CT molecular complexity index is 371. The van der Waals surface area contributed by atoms with Gasteiger partial charge in [-0.15, -0.1) is 0 Å². The highest BCUT2D eigenvalue weighted by atomic mass is 127. The summed E-state index contributed by atoms with van der Waals surface area (Å²) in [5, 5.41) is 0. The molecule has 6 heteroatoms. The molecule has 0 amide bonds. The van der Waals surface area contributed by atoms with E-state index in [1.807, 2.05) is 22.6 Å². The number of methoxy groups -OCH3 is 1. The number of carbonyl (C=O) groups is 1. The highest BCUT2D eigenvalue weighted by Crippen LogP contribution is 2.21. The second-order valence-corrected chi connectivity index (χ2v) is 3.79. The number of alkyl halides is 2. The second-order valence-electron chi connectivity index (χ2n) is 2.77. The van der Waals surface area contributed by atoms with E-state index in [0.29, 0.717) is 9.26 Å². The topological polar surface area (TPSA) is 39.2 Å². The summed E-state index contributed by atoms with van der Waals surface area (Å²) in [5.41, 5.74) is 0.273. The summed E-state index contributed by atoms with van der Waals surface area (Å²) in [6.07, 6.45) is -1.51. The van der Waals surface area contributed by atoms with Gasteiger partial charge in [0.15, 0.2) is 0 Å². The van der Waals surface area contributed by atoms with Gasteiger partial charge >= 0.3 is 5.97 Å². The standard InChI is InChI=1S/C9H8F2INO2/c1-15-7(14)3-5-2-6(8(10)11)4-13-9(5)12/h2,4,8H,3H2,1H3. The Morgan fingerprint density at radius 1 is 1.67 bits per heavy atom. The summed E-state index contributed by atoms with van der Waals surface area (Å²) in [7, 11) is 1.25. The minimum absolute atomic E-state index is 0.0394. The van der Waals surface area contributed by atoms with Crippen molar-refractivity contribution >= 4 is 28.6 Å². The third kappa shape index (κ3) is 3.37. The van der Waals surface area contributed by atoms with Crippen molar-refractivity contribution in [1.82, 2.24) is 4.98 Å². The van der Waals surface area contributed by atoms with E-state index in [0.717, 1.165) is 6.20 Å². The van der Waals surface area contributed by atoms with Gasteiger partial charge in [-0.2, -0.15) is 0 Å². The summed E-state index contributed by atoms with van der Waals surface area (Å²) in [5.74, 6) is -0.471. The Hall–Kier alpha value is -0.790. The first-order valence-corrected chi connectivity index (χ1v) is 5.11. The lowest BCUT2D eigenvalue weighted by Gasteiger charge is -2.05. The van der Waals surface area contributed by atoms with Gasteiger partial charge in [-0.25, -0.2) is 13.8 Å². The zero-order valence-electron chi connectivity index (χ0n) is 7.84. The van der Waals surface area contributed by atoms with E-state index in [-0.39, 0.29) is 12.0 Å². The summed E-state index contributed by atoms with van der Waals surface area (Å²) in [6, 6.07) is 1.27. The van der Waals surface area contributed by atoms with E-state index in [2.05, 4.69) is 9.72 Å². The average molecular weight is 327 g/mol. The fraction of sp³-hybridized carbons (Fsp3) is 0.333. The minimum atomic E-state index is -2.58. The highest BCUT2D eigenvalue weighted by molar-refractivity contribution is 14.1. The molecule has 0 unspecified atom stereocenters. The molecule has 1 aromatic heterocycles. The molecule has 0 radical (unpaired) electrons. The van der Waals surface area contributed by atoms with Crippen molar-refractivity contribution < 1.29 is 18.3 Å². The predicted octanol–water partition coefficient (Wildman–Crippen LogP) is 2.34. The Kier molecular flexibility index (Phi) is 4.37. The van der Waals surface area contributed by atoms with Crippen molar-refractivity contribution in [3.63, 3.8) is 0 Å². The number of ether oxygens (including phenoxy) is 1. The van der Waals surface area contributed by atoms with Gasteiger partial charge in [-0.3, -0.25) is 4.79 Å². The summed E-state index contributed by atoms with van der Waals surface area (Å²) >= 11 is 1.89. The summed E-state index contributed by atoms with van der Waals surface area (Å²) < 4.78 is 29.7. The number of pyridine rings is 1. The molecule has 0 saturated carbocycles. The molecular formula is C9H8F2INO2. The number of hydrogen-bond acceptors (Lipinski definition) is 3.